The summed E-state index contributed by atoms with van der Waals surface area (Å²) in [5, 5.41) is 8.38. The number of nitrogens with one attached hydrogen (secondary N) is 3. The fraction of sp³-hybridized carbons (Fsp3) is 0.211. The van der Waals surface area contributed by atoms with Gasteiger partial charge in [-0.1, -0.05) is 23.7 Å². The van der Waals surface area contributed by atoms with E-state index in [0.717, 1.165) is 5.56 Å². The average Bonchev–Trinajstić information content (AvgIpc) is 2.59. The highest BCUT2D eigenvalue weighted by Crippen LogP contribution is 2.22. The third-order valence-corrected chi connectivity index (χ3v) is 3.81. The van der Waals surface area contributed by atoms with E-state index in [-0.39, 0.29) is 24.4 Å². The van der Waals surface area contributed by atoms with Crippen LogP contribution in [0.25, 0.3) is 0 Å². The van der Waals surface area contributed by atoms with Gasteiger partial charge < -0.3 is 21.7 Å². The summed E-state index contributed by atoms with van der Waals surface area (Å²) in [6, 6.07) is 10.7. The molecule has 0 aromatic heterocycles. The van der Waals surface area contributed by atoms with Crippen molar-refractivity contribution in [3.8, 4) is 0 Å². The van der Waals surface area contributed by atoms with Crippen LogP contribution in [0.3, 0.4) is 0 Å². The number of hydrogen-bond acceptors (Lipinski definition) is 3. The summed E-state index contributed by atoms with van der Waals surface area (Å²) in [7, 11) is 0. The van der Waals surface area contributed by atoms with Crippen molar-refractivity contribution in [1.82, 2.24) is 10.6 Å². The molecule has 5 N–H and O–H groups in total. The van der Waals surface area contributed by atoms with Crippen molar-refractivity contribution >= 4 is 35.1 Å². The number of halogens is 1. The lowest BCUT2D eigenvalue weighted by atomic mass is 10.1. The molecule has 0 heterocycles. The second kappa shape index (κ2) is 9.05. The SMILES string of the molecule is CC(C)NC(=O)c1ccc(Cl)cc1NC(=O)c1ccc(CNC(N)=O)cc1. The van der Waals surface area contributed by atoms with Crippen LogP contribution < -0.4 is 21.7 Å². The topological polar surface area (TPSA) is 113 Å². The van der Waals surface area contributed by atoms with E-state index in [0.29, 0.717) is 21.8 Å². The Morgan fingerprint density at radius 1 is 1.04 bits per heavy atom. The fourth-order valence-electron chi connectivity index (χ4n) is 2.32. The molecule has 27 heavy (non-hydrogen) atoms. The maximum Gasteiger partial charge on any atom is 0.312 e. The first-order valence-corrected chi connectivity index (χ1v) is 8.68. The number of primary amides is 1. The minimum Gasteiger partial charge on any atom is -0.352 e. The highest BCUT2D eigenvalue weighted by Gasteiger charge is 2.16. The van der Waals surface area contributed by atoms with Gasteiger partial charge in [0, 0.05) is 23.2 Å². The van der Waals surface area contributed by atoms with Gasteiger partial charge in [0.1, 0.15) is 0 Å². The Morgan fingerprint density at radius 3 is 2.30 bits per heavy atom. The molecular formula is C19H21ClN4O3. The summed E-state index contributed by atoms with van der Waals surface area (Å²) < 4.78 is 0. The number of amides is 4. The first-order chi connectivity index (χ1) is 12.8. The summed E-state index contributed by atoms with van der Waals surface area (Å²) in [5.41, 5.74) is 6.87. The second-order valence-corrected chi connectivity index (χ2v) is 6.62. The van der Waals surface area contributed by atoms with Crippen LogP contribution in [-0.4, -0.2) is 23.9 Å². The Labute approximate surface area is 162 Å². The Balaban J connectivity index is 2.16. The largest absolute Gasteiger partial charge is 0.352 e. The molecule has 0 saturated carbocycles. The molecule has 0 spiro atoms. The Morgan fingerprint density at radius 2 is 1.70 bits per heavy atom. The molecule has 0 aliphatic carbocycles. The van der Waals surface area contributed by atoms with Crippen molar-refractivity contribution in [2.24, 2.45) is 5.73 Å². The van der Waals surface area contributed by atoms with Crippen LogP contribution in [0.15, 0.2) is 42.5 Å². The van der Waals surface area contributed by atoms with Crippen LogP contribution in [0.5, 0.6) is 0 Å². The molecule has 0 aliphatic heterocycles. The third-order valence-electron chi connectivity index (χ3n) is 3.58. The molecular weight excluding hydrogens is 368 g/mol. The van der Waals surface area contributed by atoms with Crippen molar-refractivity contribution in [3.63, 3.8) is 0 Å². The Hall–Kier alpha value is -3.06. The van der Waals surface area contributed by atoms with Crippen LogP contribution in [0.2, 0.25) is 5.02 Å². The van der Waals surface area contributed by atoms with Gasteiger partial charge in [0.15, 0.2) is 0 Å². The average molecular weight is 389 g/mol. The van der Waals surface area contributed by atoms with E-state index in [2.05, 4.69) is 16.0 Å². The van der Waals surface area contributed by atoms with Crippen molar-refractivity contribution in [2.75, 3.05) is 5.32 Å². The number of benzene rings is 2. The lowest BCUT2D eigenvalue weighted by Gasteiger charge is -2.14. The van der Waals surface area contributed by atoms with Crippen LogP contribution in [0, 0.1) is 0 Å². The van der Waals surface area contributed by atoms with Crippen LogP contribution in [0.4, 0.5) is 10.5 Å². The van der Waals surface area contributed by atoms with Crippen molar-refractivity contribution in [3.05, 3.63) is 64.2 Å². The van der Waals surface area contributed by atoms with E-state index >= 15 is 0 Å². The van der Waals surface area contributed by atoms with Crippen LogP contribution in [-0.2, 0) is 6.54 Å². The highest BCUT2D eigenvalue weighted by molar-refractivity contribution is 6.31. The van der Waals surface area contributed by atoms with Crippen molar-refractivity contribution in [1.29, 1.82) is 0 Å². The van der Waals surface area contributed by atoms with Gasteiger partial charge >= 0.3 is 6.03 Å². The summed E-state index contributed by atoms with van der Waals surface area (Å²) in [5.74, 6) is -0.685. The highest BCUT2D eigenvalue weighted by atomic mass is 35.5. The standard InChI is InChI=1S/C19H21ClN4O3/c1-11(2)23-18(26)15-8-7-14(20)9-16(15)24-17(25)13-5-3-12(4-6-13)10-22-19(21)27/h3-9,11H,10H2,1-2H3,(H,23,26)(H,24,25)(H3,21,22,27). The predicted octanol–water partition coefficient (Wildman–Crippen LogP) is 2.90. The van der Waals surface area contributed by atoms with Crippen molar-refractivity contribution < 1.29 is 14.4 Å². The molecule has 0 aliphatic rings. The summed E-state index contributed by atoms with van der Waals surface area (Å²) in [4.78, 5) is 35.6. The van der Waals surface area contributed by atoms with E-state index in [1.807, 2.05) is 13.8 Å². The van der Waals surface area contributed by atoms with E-state index in [9.17, 15) is 14.4 Å². The smallest absolute Gasteiger partial charge is 0.312 e. The van der Waals surface area contributed by atoms with E-state index in [4.69, 9.17) is 17.3 Å². The van der Waals surface area contributed by atoms with Gasteiger partial charge in [-0.2, -0.15) is 0 Å². The Kier molecular flexibility index (Phi) is 6.79. The monoisotopic (exact) mass is 388 g/mol. The number of urea groups is 1. The Bertz CT molecular complexity index is 851. The van der Waals surface area contributed by atoms with Gasteiger partial charge in [-0.3, -0.25) is 9.59 Å². The second-order valence-electron chi connectivity index (χ2n) is 6.19. The molecule has 142 valence electrons. The van der Waals surface area contributed by atoms with Gasteiger partial charge in [-0.05, 0) is 49.7 Å². The number of carbonyl (C=O) groups excluding carboxylic acids is 3. The fourth-order valence-corrected chi connectivity index (χ4v) is 2.49. The number of carbonyl (C=O) groups is 3. The van der Waals surface area contributed by atoms with Crippen molar-refractivity contribution in [2.45, 2.75) is 26.4 Å². The van der Waals surface area contributed by atoms with Crippen LogP contribution >= 0.6 is 11.6 Å². The maximum atomic E-state index is 12.5. The molecule has 0 saturated heterocycles. The molecule has 2 aromatic carbocycles. The molecule has 7 nitrogen and oxygen atoms in total. The molecule has 8 heteroatoms. The van der Waals surface area contributed by atoms with Gasteiger partial charge in [-0.15, -0.1) is 0 Å². The first-order valence-electron chi connectivity index (χ1n) is 8.30. The molecule has 2 rings (SSSR count). The minimum atomic E-state index is -0.620. The zero-order valence-electron chi connectivity index (χ0n) is 15.0. The molecule has 4 amide bonds. The zero-order chi connectivity index (χ0) is 20.0. The van der Waals surface area contributed by atoms with Gasteiger partial charge in [0.25, 0.3) is 11.8 Å². The maximum absolute atomic E-state index is 12.5. The normalized spacial score (nSPS) is 10.4. The molecule has 0 unspecified atom stereocenters. The lowest BCUT2D eigenvalue weighted by Crippen LogP contribution is -2.31. The zero-order valence-corrected chi connectivity index (χ0v) is 15.8. The lowest BCUT2D eigenvalue weighted by molar-refractivity contribution is 0.0944. The molecule has 0 radical (unpaired) electrons. The van der Waals surface area contributed by atoms with Crippen LogP contribution in [0.1, 0.15) is 40.1 Å². The third kappa shape index (κ3) is 6.00. The van der Waals surface area contributed by atoms with Gasteiger partial charge in [0.05, 0.1) is 11.3 Å². The number of nitrogens with two attached hydrogens (primary N) is 1. The number of hydrogen-bond donors (Lipinski definition) is 4. The van der Waals surface area contributed by atoms with Gasteiger partial charge in [-0.25, -0.2) is 4.79 Å². The molecule has 0 atom stereocenters. The van der Waals surface area contributed by atoms with E-state index in [1.54, 1.807) is 36.4 Å². The van der Waals surface area contributed by atoms with E-state index in [1.165, 1.54) is 6.07 Å². The molecule has 2 aromatic rings. The van der Waals surface area contributed by atoms with Gasteiger partial charge in [0.2, 0.25) is 0 Å². The first kappa shape index (κ1) is 20.3. The summed E-state index contributed by atoms with van der Waals surface area (Å²) >= 11 is 6.01. The molecule has 0 fully saturated rings. The summed E-state index contributed by atoms with van der Waals surface area (Å²) in [6.45, 7) is 3.96. The minimum absolute atomic E-state index is 0.0433. The number of anilines is 1. The number of rotatable bonds is 6. The molecule has 0 bridgehead atoms. The summed E-state index contributed by atoms with van der Waals surface area (Å²) in [6.07, 6.45) is 0. The quantitative estimate of drug-likeness (QED) is 0.610. The van der Waals surface area contributed by atoms with E-state index < -0.39 is 6.03 Å². The predicted molar refractivity (Wildman–Crippen MR) is 105 cm³/mol.